The number of benzene rings is 1. The Balaban J connectivity index is 3.28. The highest BCUT2D eigenvalue weighted by Crippen LogP contribution is 2.30. The third-order valence-electron chi connectivity index (χ3n) is 3.27. The van der Waals surface area contributed by atoms with Crippen LogP contribution in [0.5, 0.6) is 0 Å². The van der Waals surface area contributed by atoms with Crippen molar-refractivity contribution in [3.8, 4) is 0 Å². The van der Waals surface area contributed by atoms with Crippen LogP contribution in [0.1, 0.15) is 33.9 Å². The van der Waals surface area contributed by atoms with Crippen molar-refractivity contribution in [3.63, 3.8) is 0 Å². The minimum atomic E-state index is -1.64. The van der Waals surface area contributed by atoms with Gasteiger partial charge in [0, 0.05) is 5.54 Å². The van der Waals surface area contributed by atoms with Gasteiger partial charge in [-0.25, -0.2) is 4.79 Å². The number of carbonyl (C=O) groups excluding carboxylic acids is 2. The molecule has 19 heavy (non-hydrogen) atoms. The number of Topliss-reactive ketones (excluding diaryl/α,β-unsaturated/α-hetero) is 1. The van der Waals surface area contributed by atoms with Crippen molar-refractivity contribution in [1.82, 2.24) is 0 Å². The lowest BCUT2D eigenvalue weighted by molar-refractivity contribution is -0.116. The van der Waals surface area contributed by atoms with Crippen molar-refractivity contribution < 1.29 is 14.3 Å². The van der Waals surface area contributed by atoms with Gasteiger partial charge in [0.05, 0.1) is 20.7 Å². The molecule has 0 radical (unpaired) electrons. The van der Waals surface area contributed by atoms with E-state index in [4.69, 9.17) is 4.74 Å². The molecule has 0 bridgehead atoms. The van der Waals surface area contributed by atoms with Gasteiger partial charge >= 0.3 is 5.97 Å². The molecule has 4 heteroatoms. The Hall–Kier alpha value is -1.42. The Morgan fingerprint density at radius 3 is 2.16 bits per heavy atom. The van der Waals surface area contributed by atoms with E-state index in [0.717, 1.165) is 11.1 Å². The smallest absolute Gasteiger partial charge is 0.337 e. The third kappa shape index (κ3) is 3.53. The second-order valence-electron chi connectivity index (χ2n) is 5.97. The average molecular weight is 278 g/mol. The van der Waals surface area contributed by atoms with Gasteiger partial charge in [-0.15, -0.1) is 0 Å². The van der Waals surface area contributed by atoms with Gasteiger partial charge in [0.2, 0.25) is 0 Å². The summed E-state index contributed by atoms with van der Waals surface area (Å²) in [6.45, 7) is 10.2. The van der Waals surface area contributed by atoms with E-state index >= 15 is 0 Å². The minimum Gasteiger partial charge on any atom is -0.465 e. The second kappa shape index (κ2) is 5.69. The molecule has 0 aromatic heterocycles. The van der Waals surface area contributed by atoms with Gasteiger partial charge in [0.15, 0.2) is 0 Å². The summed E-state index contributed by atoms with van der Waals surface area (Å²) in [5.41, 5.74) is 2.52. The van der Waals surface area contributed by atoms with Crippen LogP contribution < -0.4 is 0 Å². The molecule has 0 amide bonds. The molecule has 0 N–H and O–H groups in total. The van der Waals surface area contributed by atoms with Gasteiger partial charge in [-0.1, -0.05) is 25.7 Å². The molecular weight excluding hydrogens is 256 g/mol. The fourth-order valence-corrected chi connectivity index (χ4v) is 5.02. The summed E-state index contributed by atoms with van der Waals surface area (Å²) in [5.74, 6) is -0.143. The van der Waals surface area contributed by atoms with Crippen molar-refractivity contribution in [2.45, 2.75) is 39.0 Å². The average Bonchev–Trinajstić information content (AvgIpc) is 2.28. The molecule has 0 heterocycles. The van der Waals surface area contributed by atoms with Crippen LogP contribution in [0.4, 0.5) is 0 Å². The number of carbonyl (C=O) groups is 2. The van der Waals surface area contributed by atoms with Crippen molar-refractivity contribution in [3.05, 3.63) is 34.9 Å². The van der Waals surface area contributed by atoms with Crippen LogP contribution >= 0.6 is 0 Å². The second-order valence-corrected chi connectivity index (χ2v) is 11.3. The van der Waals surface area contributed by atoms with Crippen molar-refractivity contribution in [2.24, 2.45) is 0 Å². The molecule has 0 fully saturated rings. The fraction of sp³-hybridized carbons (Fsp3) is 0.467. The predicted octanol–water partition coefficient (Wildman–Crippen LogP) is 3.33. The molecule has 0 aliphatic rings. The Labute approximate surface area is 116 Å². The van der Waals surface area contributed by atoms with Crippen LogP contribution in [0.3, 0.4) is 0 Å². The van der Waals surface area contributed by atoms with Gasteiger partial charge in [0.1, 0.15) is 5.78 Å². The summed E-state index contributed by atoms with van der Waals surface area (Å²) < 4.78 is 4.71. The molecule has 1 rings (SSSR count). The number of hydrogen-bond acceptors (Lipinski definition) is 3. The van der Waals surface area contributed by atoms with Crippen LogP contribution in [0.15, 0.2) is 18.2 Å². The topological polar surface area (TPSA) is 43.4 Å². The van der Waals surface area contributed by atoms with E-state index in [1.165, 1.54) is 7.11 Å². The summed E-state index contributed by atoms with van der Waals surface area (Å²) in [4.78, 5) is 23.5. The van der Waals surface area contributed by atoms with Gasteiger partial charge in [-0.3, -0.25) is 4.79 Å². The number of methoxy groups -OCH3 is 1. The van der Waals surface area contributed by atoms with Crippen LogP contribution in [-0.4, -0.2) is 26.9 Å². The van der Waals surface area contributed by atoms with Crippen LogP contribution in [-0.2, 0) is 9.53 Å². The van der Waals surface area contributed by atoms with Crippen molar-refractivity contribution in [1.29, 1.82) is 0 Å². The predicted molar refractivity (Wildman–Crippen MR) is 79.3 cm³/mol. The zero-order valence-electron chi connectivity index (χ0n) is 12.5. The van der Waals surface area contributed by atoms with Gasteiger partial charge in [-0.05, 0) is 37.1 Å². The number of aryl methyl sites for hydroxylation is 1. The van der Waals surface area contributed by atoms with E-state index in [-0.39, 0.29) is 17.3 Å². The van der Waals surface area contributed by atoms with E-state index in [1.807, 2.05) is 13.0 Å². The van der Waals surface area contributed by atoms with Gasteiger partial charge in [0.25, 0.3) is 0 Å². The first-order valence-corrected chi connectivity index (χ1v) is 9.95. The zero-order valence-corrected chi connectivity index (χ0v) is 13.5. The molecule has 0 aliphatic heterocycles. The molecule has 0 spiro atoms. The van der Waals surface area contributed by atoms with Crippen LogP contribution in [0.25, 0.3) is 0 Å². The molecule has 1 aromatic carbocycles. The van der Waals surface area contributed by atoms with Gasteiger partial charge < -0.3 is 4.74 Å². The number of ketones is 1. The molecule has 0 aliphatic carbocycles. The molecule has 1 unspecified atom stereocenters. The number of esters is 1. The van der Waals surface area contributed by atoms with Gasteiger partial charge in [-0.2, -0.15) is 0 Å². The summed E-state index contributed by atoms with van der Waals surface area (Å²) in [5, 5.41) is 0. The maximum Gasteiger partial charge on any atom is 0.337 e. The summed E-state index contributed by atoms with van der Waals surface area (Å²) in [6.07, 6.45) is 0. The van der Waals surface area contributed by atoms with Crippen LogP contribution in [0.2, 0.25) is 19.6 Å². The molecule has 104 valence electrons. The number of ether oxygens (including phenoxy) is 1. The van der Waals surface area contributed by atoms with E-state index in [2.05, 4.69) is 19.6 Å². The highest BCUT2D eigenvalue weighted by molar-refractivity contribution is 6.80. The summed E-state index contributed by atoms with van der Waals surface area (Å²) >= 11 is 0. The van der Waals surface area contributed by atoms with E-state index in [1.54, 1.807) is 19.1 Å². The maximum absolute atomic E-state index is 12.0. The van der Waals surface area contributed by atoms with Crippen molar-refractivity contribution >= 4 is 19.8 Å². The lowest BCUT2D eigenvalue weighted by atomic mass is 10.0. The van der Waals surface area contributed by atoms with E-state index < -0.39 is 8.07 Å². The summed E-state index contributed by atoms with van der Waals surface area (Å²) in [6, 6.07) is 5.44. The Morgan fingerprint density at radius 1 is 1.21 bits per heavy atom. The Kier molecular flexibility index (Phi) is 4.69. The monoisotopic (exact) mass is 278 g/mol. The van der Waals surface area contributed by atoms with Crippen LogP contribution in [0, 0.1) is 6.92 Å². The van der Waals surface area contributed by atoms with Crippen molar-refractivity contribution in [2.75, 3.05) is 7.11 Å². The molecule has 1 atom stereocenters. The molecule has 0 saturated heterocycles. The zero-order chi connectivity index (χ0) is 14.8. The fourth-order valence-electron chi connectivity index (χ4n) is 2.54. The Morgan fingerprint density at radius 2 is 1.79 bits per heavy atom. The SMILES string of the molecule is COC(=O)c1ccc(C(C(C)=O)[Si](C)(C)C)c(C)c1. The first kappa shape index (κ1) is 15.6. The molecule has 3 nitrogen and oxygen atoms in total. The number of rotatable bonds is 4. The summed E-state index contributed by atoms with van der Waals surface area (Å²) in [7, 11) is -0.273. The first-order chi connectivity index (χ1) is 8.68. The van der Waals surface area contributed by atoms with E-state index in [0.29, 0.717) is 5.56 Å². The Bertz CT molecular complexity index is 501. The lowest BCUT2D eigenvalue weighted by Gasteiger charge is -2.28. The molecular formula is C15H22O3Si. The highest BCUT2D eigenvalue weighted by Gasteiger charge is 2.33. The molecule has 0 saturated carbocycles. The lowest BCUT2D eigenvalue weighted by Crippen LogP contribution is -2.36. The first-order valence-electron chi connectivity index (χ1n) is 6.37. The largest absolute Gasteiger partial charge is 0.465 e. The van der Waals surface area contributed by atoms with E-state index in [9.17, 15) is 9.59 Å². The quantitative estimate of drug-likeness (QED) is 0.627. The normalized spacial score (nSPS) is 12.9. The molecule has 1 aromatic rings. The standard InChI is InChI=1S/C15H22O3Si/c1-10-9-12(15(17)18-3)7-8-13(10)14(11(2)16)19(4,5)6/h7-9,14H,1-6H3. The maximum atomic E-state index is 12.0. The highest BCUT2D eigenvalue weighted by atomic mass is 28.3. The minimum absolute atomic E-state index is 0.0285. The number of hydrogen-bond donors (Lipinski definition) is 0. The third-order valence-corrected chi connectivity index (χ3v) is 5.72.